The van der Waals surface area contributed by atoms with E-state index in [9.17, 15) is 4.79 Å². The summed E-state index contributed by atoms with van der Waals surface area (Å²) in [6.07, 6.45) is 17.1. The number of allylic oxidation sites excluding steroid dienone is 6. The molecule has 0 fully saturated rings. The Morgan fingerprint density at radius 2 is 1.35 bits per heavy atom. The molecule has 0 N–H and O–H groups in total. The van der Waals surface area contributed by atoms with Crippen LogP contribution in [0.3, 0.4) is 0 Å². The number of methoxy groups -OCH3 is 1. The number of unbranched alkanes of at least 4 members (excludes halogenated alkanes) is 3. The molecule has 0 radical (unpaired) electrons. The van der Waals surface area contributed by atoms with Crippen LogP contribution in [0.15, 0.2) is 71.4 Å². The average molecular weight is 847 g/mol. The first-order valence-electron chi connectivity index (χ1n) is 24.3. The number of benzene rings is 2. The molecule has 62 heavy (non-hydrogen) atoms. The van der Waals surface area contributed by atoms with Gasteiger partial charge in [-0.1, -0.05) is 178 Å². The molecule has 2 aromatic rings. The van der Waals surface area contributed by atoms with Gasteiger partial charge in [-0.05, 0) is 142 Å². The van der Waals surface area contributed by atoms with Crippen molar-refractivity contribution in [2.45, 2.75) is 210 Å². The van der Waals surface area contributed by atoms with Crippen LogP contribution in [0.5, 0.6) is 0 Å². The molecule has 2 aromatic carbocycles. The van der Waals surface area contributed by atoms with E-state index in [4.69, 9.17) is 9.47 Å². The molecule has 3 heteroatoms. The number of rotatable bonds is 22. The van der Waals surface area contributed by atoms with Crippen molar-refractivity contribution < 1.29 is 14.3 Å². The van der Waals surface area contributed by atoms with Crippen molar-refractivity contribution in [3.05, 3.63) is 116 Å². The smallest absolute Gasteiger partial charge is 0.309 e. The van der Waals surface area contributed by atoms with E-state index in [0.717, 1.165) is 51.4 Å². The van der Waals surface area contributed by atoms with Crippen molar-refractivity contribution in [2.24, 2.45) is 16.2 Å². The summed E-state index contributed by atoms with van der Waals surface area (Å²) >= 11 is 0. The van der Waals surface area contributed by atoms with Crippen LogP contribution in [0.2, 0.25) is 0 Å². The lowest BCUT2D eigenvalue weighted by Gasteiger charge is -2.33. The zero-order valence-corrected chi connectivity index (χ0v) is 43.2. The Labute approximate surface area is 381 Å². The molecule has 4 rings (SSSR count). The lowest BCUT2D eigenvalue weighted by Crippen LogP contribution is -2.33. The van der Waals surface area contributed by atoms with Gasteiger partial charge in [0.05, 0.1) is 19.6 Å². The van der Waals surface area contributed by atoms with E-state index in [1.54, 1.807) is 23.8 Å². The molecular weight excluding hydrogens is 757 g/mol. The van der Waals surface area contributed by atoms with Crippen LogP contribution in [0.25, 0.3) is 0 Å². The van der Waals surface area contributed by atoms with Gasteiger partial charge in [-0.2, -0.15) is 0 Å². The zero-order valence-electron chi connectivity index (χ0n) is 43.2. The number of aryl methyl sites for hydroxylation is 2. The predicted octanol–water partition coefficient (Wildman–Crippen LogP) is 16.3. The first-order valence-corrected chi connectivity index (χ1v) is 24.3. The summed E-state index contributed by atoms with van der Waals surface area (Å²) in [6, 6.07) is 9.86. The molecule has 0 aliphatic heterocycles. The van der Waals surface area contributed by atoms with Gasteiger partial charge in [0.2, 0.25) is 0 Å². The summed E-state index contributed by atoms with van der Waals surface area (Å²) in [7, 11) is 1.79. The van der Waals surface area contributed by atoms with Crippen LogP contribution in [-0.2, 0) is 43.4 Å². The average Bonchev–Trinajstić information content (AvgIpc) is 3.94. The molecule has 1 atom stereocenters. The van der Waals surface area contributed by atoms with Crippen LogP contribution in [0, 0.1) is 16.2 Å². The molecule has 0 bridgehead atoms. The third kappa shape index (κ3) is 12.8. The monoisotopic (exact) mass is 847 g/mol. The summed E-state index contributed by atoms with van der Waals surface area (Å²) < 4.78 is 12.2. The van der Waals surface area contributed by atoms with Crippen molar-refractivity contribution in [2.75, 3.05) is 20.3 Å². The minimum absolute atomic E-state index is 0.0335. The fourth-order valence-corrected chi connectivity index (χ4v) is 10.5. The third-order valence-electron chi connectivity index (χ3n) is 14.3. The number of carbonyl (C=O) groups excluding carboxylic acids is 1. The van der Waals surface area contributed by atoms with E-state index in [2.05, 4.69) is 161 Å². The van der Waals surface area contributed by atoms with Gasteiger partial charge in [0.15, 0.2) is 0 Å². The highest BCUT2D eigenvalue weighted by Crippen LogP contribution is 2.55. The van der Waals surface area contributed by atoms with Gasteiger partial charge in [0.25, 0.3) is 0 Å². The molecule has 2 aliphatic rings. The standard InChI is InChI=1S/C59H90O3/c1-20-46(54(6,7)8)42(5)47(55(9,10)11)27-25-28-51(60)62-39-59(38-61-19,33-31-41(4)29-30-44-34-45(40(2)3)52-49(37-44)57(52,15)16)32-24-22-21-23-26-43-35-48(56(12,13)14)53-50(36-43)58(53,17)18/h20,25,27,34-37,40H,4,21-24,26,28-33,38-39H2,1-3,5-19H3/b27-25+,46-20+,47-42+. The zero-order chi connectivity index (χ0) is 46.6. The van der Waals surface area contributed by atoms with E-state index >= 15 is 0 Å². The summed E-state index contributed by atoms with van der Waals surface area (Å²) in [6.45, 7) is 44.5. The Balaban J connectivity index is 1.43. The van der Waals surface area contributed by atoms with Gasteiger partial charge in [-0.15, -0.1) is 0 Å². The Hall–Kier alpha value is -3.17. The van der Waals surface area contributed by atoms with Gasteiger partial charge in [-0.3, -0.25) is 4.79 Å². The minimum atomic E-state index is -0.263. The topological polar surface area (TPSA) is 35.5 Å². The van der Waals surface area contributed by atoms with Gasteiger partial charge in [0.1, 0.15) is 0 Å². The molecular formula is C59H90O3. The van der Waals surface area contributed by atoms with Crippen molar-refractivity contribution in [1.82, 2.24) is 0 Å². The third-order valence-corrected chi connectivity index (χ3v) is 14.3. The SMILES string of the molecule is C=C(CCc1cc(C(C)C)c2c(c1)C2(C)C)CCC(CCCCCCc1cc(C(C)(C)C)c2c(c1)C2(C)C)(COC)COC(=O)C/C=C/C(=C(C)\C(=C/C)C(C)(C)C)C(C)(C)C. The maximum atomic E-state index is 13.5. The molecule has 1 unspecified atom stereocenters. The van der Waals surface area contributed by atoms with E-state index in [1.807, 2.05) is 6.08 Å². The molecule has 0 heterocycles. The van der Waals surface area contributed by atoms with Crippen LogP contribution in [-0.4, -0.2) is 26.3 Å². The maximum absolute atomic E-state index is 13.5. The molecule has 344 valence electrons. The second-order valence-corrected chi connectivity index (χ2v) is 23.9. The van der Waals surface area contributed by atoms with Gasteiger partial charge >= 0.3 is 5.97 Å². The number of ether oxygens (including phenoxy) is 2. The Bertz CT molecular complexity index is 2000. The number of esters is 1. The highest BCUT2D eigenvalue weighted by molar-refractivity contribution is 5.71. The number of hydrogen-bond acceptors (Lipinski definition) is 3. The highest BCUT2D eigenvalue weighted by atomic mass is 16.5. The van der Waals surface area contributed by atoms with Gasteiger partial charge in [-0.25, -0.2) is 0 Å². The number of carbonyl (C=O) groups is 1. The summed E-state index contributed by atoms with van der Waals surface area (Å²) in [5, 5.41) is 0. The Kier molecular flexibility index (Phi) is 16.5. The van der Waals surface area contributed by atoms with E-state index in [1.165, 1.54) is 63.0 Å². The largest absolute Gasteiger partial charge is 0.465 e. The molecule has 0 spiro atoms. The molecule has 3 nitrogen and oxygen atoms in total. The van der Waals surface area contributed by atoms with Gasteiger partial charge in [0, 0.05) is 23.4 Å². The fourth-order valence-electron chi connectivity index (χ4n) is 10.5. The molecule has 0 saturated carbocycles. The second kappa shape index (κ2) is 19.9. The summed E-state index contributed by atoms with van der Waals surface area (Å²) in [5.74, 6) is 0.350. The summed E-state index contributed by atoms with van der Waals surface area (Å²) in [4.78, 5) is 13.5. The maximum Gasteiger partial charge on any atom is 0.309 e. The van der Waals surface area contributed by atoms with Crippen molar-refractivity contribution in [1.29, 1.82) is 0 Å². The lowest BCUT2D eigenvalue weighted by molar-refractivity contribution is -0.148. The number of fused-ring (bicyclic) bond motifs is 2. The van der Waals surface area contributed by atoms with E-state index < -0.39 is 0 Å². The quantitative estimate of drug-likeness (QED) is 0.0512. The van der Waals surface area contributed by atoms with E-state index in [-0.39, 0.29) is 44.9 Å². The van der Waals surface area contributed by atoms with E-state index in [0.29, 0.717) is 19.1 Å². The van der Waals surface area contributed by atoms with Crippen molar-refractivity contribution >= 4 is 5.97 Å². The van der Waals surface area contributed by atoms with Crippen LogP contribution in [0.1, 0.15) is 226 Å². The highest BCUT2D eigenvalue weighted by Gasteiger charge is 2.46. The summed E-state index contributed by atoms with van der Waals surface area (Å²) in [5.41, 5.74) is 17.6. The van der Waals surface area contributed by atoms with Crippen molar-refractivity contribution in [3.63, 3.8) is 0 Å². The minimum Gasteiger partial charge on any atom is -0.465 e. The van der Waals surface area contributed by atoms with Crippen LogP contribution < -0.4 is 0 Å². The molecule has 0 saturated heterocycles. The van der Waals surface area contributed by atoms with Crippen LogP contribution >= 0.6 is 0 Å². The van der Waals surface area contributed by atoms with Crippen molar-refractivity contribution in [3.8, 4) is 0 Å². The fraction of sp³-hybridized carbons (Fsp3) is 0.644. The van der Waals surface area contributed by atoms with Gasteiger partial charge < -0.3 is 9.47 Å². The normalized spacial score (nSPS) is 17.1. The number of hydrogen-bond donors (Lipinski definition) is 0. The second-order valence-electron chi connectivity index (χ2n) is 23.9. The molecule has 2 aliphatic carbocycles. The predicted molar refractivity (Wildman–Crippen MR) is 268 cm³/mol. The molecule has 0 amide bonds. The Morgan fingerprint density at radius 3 is 1.92 bits per heavy atom. The first-order chi connectivity index (χ1) is 28.6. The Morgan fingerprint density at radius 1 is 0.758 bits per heavy atom. The lowest BCUT2D eigenvalue weighted by atomic mass is 9.75. The van der Waals surface area contributed by atoms with Crippen LogP contribution in [0.4, 0.5) is 0 Å². The first kappa shape index (κ1) is 51.5. The molecule has 0 aromatic heterocycles.